The van der Waals surface area contributed by atoms with Crippen LogP contribution in [0, 0.1) is 5.92 Å². The van der Waals surface area contributed by atoms with Crippen molar-refractivity contribution in [3.05, 3.63) is 28.8 Å². The topological polar surface area (TPSA) is 41.6 Å². The van der Waals surface area contributed by atoms with Crippen molar-refractivity contribution >= 4 is 17.5 Å². The number of amides is 1. The van der Waals surface area contributed by atoms with Gasteiger partial charge < -0.3 is 15.0 Å². The van der Waals surface area contributed by atoms with Gasteiger partial charge >= 0.3 is 18.4 Å². The average Bonchev–Trinajstić information content (AvgIpc) is 3.04. The van der Waals surface area contributed by atoms with E-state index in [1.165, 1.54) is 0 Å². The van der Waals surface area contributed by atoms with Crippen LogP contribution in [0.1, 0.15) is 18.4 Å². The predicted octanol–water partition coefficient (Wildman–Crippen LogP) is 4.13. The molecule has 0 bridgehead atoms. The minimum absolute atomic E-state index is 0.122. The molecule has 1 aliphatic rings. The summed E-state index contributed by atoms with van der Waals surface area (Å²) >= 11 is 5.71. The Kier molecular flexibility index (Phi) is 6.85. The summed E-state index contributed by atoms with van der Waals surface area (Å²) in [7, 11) is 0. The first-order chi connectivity index (χ1) is 12.5. The lowest BCUT2D eigenvalue weighted by Crippen LogP contribution is -2.41. The Balaban J connectivity index is 2.11. The molecule has 0 spiro atoms. The molecule has 4 nitrogen and oxygen atoms in total. The highest BCUT2D eigenvalue weighted by Gasteiger charge is 2.42. The SMILES string of the molecule is O=C(N(CCC1CCNC1)Cc1ccc(OC(F)(F)F)c(Cl)c1)C(F)(F)F. The zero-order valence-electron chi connectivity index (χ0n) is 14.0. The zero-order chi connectivity index (χ0) is 20.2. The minimum atomic E-state index is -5.04. The number of nitrogens with zero attached hydrogens (tertiary/aromatic N) is 1. The van der Waals surface area contributed by atoms with E-state index >= 15 is 0 Å². The molecule has 152 valence electrons. The van der Waals surface area contributed by atoms with Gasteiger partial charge in [0.25, 0.3) is 0 Å². The molecule has 0 aliphatic carbocycles. The number of halogens is 7. The molecule has 1 heterocycles. The molecule has 1 atom stereocenters. The number of carbonyl (C=O) groups excluding carboxylic acids is 1. The monoisotopic (exact) mass is 418 g/mol. The fourth-order valence-electron chi connectivity index (χ4n) is 2.80. The van der Waals surface area contributed by atoms with Crippen LogP contribution in [0.3, 0.4) is 0 Å². The molecule has 1 aliphatic heterocycles. The second kappa shape index (κ2) is 8.55. The molecule has 1 fully saturated rings. The Hall–Kier alpha value is -1.68. The maximum atomic E-state index is 12.9. The number of alkyl halides is 6. The second-order valence-corrected chi connectivity index (χ2v) is 6.59. The summed E-state index contributed by atoms with van der Waals surface area (Å²) in [6.45, 7) is 0.894. The van der Waals surface area contributed by atoms with Crippen LogP contribution in [-0.2, 0) is 11.3 Å². The molecular formula is C16H17ClF6N2O2. The fourth-order valence-corrected chi connectivity index (χ4v) is 3.04. The van der Waals surface area contributed by atoms with E-state index in [-0.39, 0.29) is 18.0 Å². The summed E-state index contributed by atoms with van der Waals surface area (Å²) in [5, 5.41) is 2.68. The van der Waals surface area contributed by atoms with Gasteiger partial charge in [-0.05, 0) is 49.5 Å². The highest BCUT2D eigenvalue weighted by Crippen LogP contribution is 2.31. The van der Waals surface area contributed by atoms with E-state index < -0.39 is 35.8 Å². The molecule has 0 saturated carbocycles. The fraction of sp³-hybridized carbons (Fsp3) is 0.562. The molecule has 2 rings (SSSR count). The minimum Gasteiger partial charge on any atom is -0.404 e. The van der Waals surface area contributed by atoms with E-state index in [1.54, 1.807) is 0 Å². The van der Waals surface area contributed by atoms with Crippen molar-refractivity contribution in [2.75, 3.05) is 19.6 Å². The normalized spacial score (nSPS) is 17.8. The van der Waals surface area contributed by atoms with Crippen LogP contribution in [0.15, 0.2) is 18.2 Å². The Bertz CT molecular complexity index is 659. The molecule has 1 N–H and O–H groups in total. The Morgan fingerprint density at radius 2 is 1.96 bits per heavy atom. The van der Waals surface area contributed by atoms with Crippen LogP contribution in [-0.4, -0.2) is 43.0 Å². The summed E-state index contributed by atoms with van der Waals surface area (Å²) in [5.41, 5.74) is 0.164. The number of nitrogens with one attached hydrogen (secondary N) is 1. The maximum absolute atomic E-state index is 12.9. The number of rotatable bonds is 6. The van der Waals surface area contributed by atoms with Gasteiger partial charge in [0.05, 0.1) is 5.02 Å². The first-order valence-corrected chi connectivity index (χ1v) is 8.44. The Morgan fingerprint density at radius 3 is 2.48 bits per heavy atom. The molecule has 1 aromatic carbocycles. The lowest BCUT2D eigenvalue weighted by Gasteiger charge is -2.25. The van der Waals surface area contributed by atoms with Crippen molar-refractivity contribution in [2.24, 2.45) is 5.92 Å². The van der Waals surface area contributed by atoms with Crippen molar-refractivity contribution in [2.45, 2.75) is 31.9 Å². The highest BCUT2D eigenvalue weighted by atomic mass is 35.5. The van der Waals surface area contributed by atoms with Gasteiger partial charge in [-0.1, -0.05) is 17.7 Å². The van der Waals surface area contributed by atoms with Gasteiger partial charge in [0.1, 0.15) is 5.75 Å². The lowest BCUT2D eigenvalue weighted by atomic mass is 10.0. The van der Waals surface area contributed by atoms with Gasteiger partial charge in [0.2, 0.25) is 0 Å². The molecule has 0 radical (unpaired) electrons. The van der Waals surface area contributed by atoms with Crippen LogP contribution in [0.4, 0.5) is 26.3 Å². The van der Waals surface area contributed by atoms with Crippen LogP contribution < -0.4 is 10.1 Å². The van der Waals surface area contributed by atoms with Crippen LogP contribution in [0.5, 0.6) is 5.75 Å². The summed E-state index contributed by atoms with van der Waals surface area (Å²) in [5.74, 6) is -2.50. The van der Waals surface area contributed by atoms with Crippen LogP contribution in [0.2, 0.25) is 5.02 Å². The second-order valence-electron chi connectivity index (χ2n) is 6.18. The van der Waals surface area contributed by atoms with Crippen molar-refractivity contribution in [1.82, 2.24) is 10.2 Å². The number of carbonyl (C=O) groups is 1. The van der Waals surface area contributed by atoms with E-state index in [9.17, 15) is 31.1 Å². The van der Waals surface area contributed by atoms with Crippen LogP contribution >= 0.6 is 11.6 Å². The number of benzene rings is 1. The number of hydrogen-bond acceptors (Lipinski definition) is 3. The van der Waals surface area contributed by atoms with Crippen molar-refractivity contribution in [1.29, 1.82) is 0 Å². The molecule has 27 heavy (non-hydrogen) atoms. The van der Waals surface area contributed by atoms with E-state index in [2.05, 4.69) is 10.1 Å². The van der Waals surface area contributed by atoms with E-state index in [4.69, 9.17) is 11.6 Å². The highest BCUT2D eigenvalue weighted by molar-refractivity contribution is 6.32. The molecule has 0 aromatic heterocycles. The van der Waals surface area contributed by atoms with Gasteiger partial charge in [-0.3, -0.25) is 4.79 Å². The van der Waals surface area contributed by atoms with E-state index in [0.29, 0.717) is 17.9 Å². The van der Waals surface area contributed by atoms with Crippen LogP contribution in [0.25, 0.3) is 0 Å². The molecule has 1 amide bonds. The molecule has 11 heteroatoms. The van der Waals surface area contributed by atoms with E-state index in [0.717, 1.165) is 31.2 Å². The first kappa shape index (κ1) is 21.6. The molecule has 1 saturated heterocycles. The van der Waals surface area contributed by atoms with Gasteiger partial charge in [0, 0.05) is 13.1 Å². The molecule has 1 aromatic rings. The number of hydrogen-bond donors (Lipinski definition) is 1. The standard InChI is InChI=1S/C16H17ClF6N2O2/c17-12-7-11(1-2-13(12)27-16(21,22)23)9-25(14(26)15(18,19)20)6-4-10-3-5-24-8-10/h1-2,7,10,24H,3-6,8-9H2. The zero-order valence-corrected chi connectivity index (χ0v) is 14.7. The van der Waals surface area contributed by atoms with Crippen molar-refractivity contribution in [3.8, 4) is 5.75 Å². The summed E-state index contributed by atoms with van der Waals surface area (Å²) in [6, 6.07) is 3.10. The summed E-state index contributed by atoms with van der Waals surface area (Å²) in [6.07, 6.45) is -8.79. The van der Waals surface area contributed by atoms with Gasteiger partial charge in [0.15, 0.2) is 0 Å². The average molecular weight is 419 g/mol. The van der Waals surface area contributed by atoms with Crippen molar-refractivity contribution < 1.29 is 35.9 Å². The Labute approximate surface area is 156 Å². The third-order valence-electron chi connectivity index (χ3n) is 4.09. The number of ether oxygens (including phenoxy) is 1. The van der Waals surface area contributed by atoms with Gasteiger partial charge in [-0.15, -0.1) is 13.2 Å². The summed E-state index contributed by atoms with van der Waals surface area (Å²) < 4.78 is 79.0. The summed E-state index contributed by atoms with van der Waals surface area (Å²) in [4.78, 5) is 12.3. The lowest BCUT2D eigenvalue weighted by molar-refractivity contribution is -0.274. The largest absolute Gasteiger partial charge is 0.573 e. The molecule has 1 unspecified atom stereocenters. The maximum Gasteiger partial charge on any atom is 0.573 e. The van der Waals surface area contributed by atoms with Gasteiger partial charge in [-0.25, -0.2) is 0 Å². The van der Waals surface area contributed by atoms with Gasteiger partial charge in [-0.2, -0.15) is 13.2 Å². The van der Waals surface area contributed by atoms with E-state index in [1.807, 2.05) is 0 Å². The first-order valence-electron chi connectivity index (χ1n) is 8.06. The third-order valence-corrected chi connectivity index (χ3v) is 4.39. The Morgan fingerprint density at radius 1 is 1.26 bits per heavy atom. The smallest absolute Gasteiger partial charge is 0.404 e. The predicted molar refractivity (Wildman–Crippen MR) is 85.2 cm³/mol. The molecular weight excluding hydrogens is 402 g/mol. The quantitative estimate of drug-likeness (QED) is 0.706. The van der Waals surface area contributed by atoms with Crippen molar-refractivity contribution in [3.63, 3.8) is 0 Å². The third kappa shape index (κ3) is 6.76.